The molecule has 20 heavy (non-hydrogen) atoms. The molecule has 0 radical (unpaired) electrons. The van der Waals surface area contributed by atoms with Crippen LogP contribution in [0.25, 0.3) is 23.0 Å². The van der Waals surface area contributed by atoms with Gasteiger partial charge >= 0.3 is 0 Å². The van der Waals surface area contributed by atoms with E-state index in [1.807, 2.05) is 19.1 Å². The predicted octanol–water partition coefficient (Wildman–Crippen LogP) is 3.58. The number of pyridine rings is 1. The number of hydrogen-bond donors (Lipinski definition) is 1. The van der Waals surface area contributed by atoms with Crippen LogP contribution in [0.5, 0.6) is 5.75 Å². The average molecular weight is 332 g/mol. The van der Waals surface area contributed by atoms with Gasteiger partial charge in [-0.25, -0.2) is 0 Å². The zero-order valence-electron chi connectivity index (χ0n) is 10.5. The van der Waals surface area contributed by atoms with Crippen molar-refractivity contribution in [2.45, 2.75) is 6.92 Å². The first-order chi connectivity index (χ1) is 9.65. The smallest absolute Gasteiger partial charge is 0.258 e. The third-order valence-corrected chi connectivity index (χ3v) is 3.51. The summed E-state index contributed by atoms with van der Waals surface area (Å²) in [7, 11) is 0. The molecule has 0 fully saturated rings. The summed E-state index contributed by atoms with van der Waals surface area (Å²) in [6, 6.07) is 8.86. The number of nitrogens with zero attached hydrogens (tertiary/aromatic N) is 3. The second-order valence-corrected chi connectivity index (χ2v) is 5.11. The van der Waals surface area contributed by atoms with E-state index in [0.717, 1.165) is 5.56 Å². The summed E-state index contributed by atoms with van der Waals surface area (Å²) in [6.07, 6.45) is 1.68. The van der Waals surface area contributed by atoms with Crippen LogP contribution in [0.1, 0.15) is 5.56 Å². The summed E-state index contributed by atoms with van der Waals surface area (Å²) >= 11 is 3.23. The van der Waals surface area contributed by atoms with E-state index in [2.05, 4.69) is 31.1 Å². The van der Waals surface area contributed by atoms with Gasteiger partial charge in [0.1, 0.15) is 11.4 Å². The van der Waals surface area contributed by atoms with Crippen molar-refractivity contribution in [3.05, 3.63) is 46.6 Å². The van der Waals surface area contributed by atoms with E-state index in [9.17, 15) is 5.11 Å². The number of rotatable bonds is 2. The molecule has 0 saturated heterocycles. The Morgan fingerprint density at radius 3 is 2.85 bits per heavy atom. The molecule has 5 nitrogen and oxygen atoms in total. The quantitative estimate of drug-likeness (QED) is 0.777. The molecule has 0 aliphatic heterocycles. The number of hydrogen-bond acceptors (Lipinski definition) is 5. The Morgan fingerprint density at radius 1 is 1.25 bits per heavy atom. The minimum absolute atomic E-state index is 0.122. The molecule has 3 aromatic rings. The fourth-order valence-corrected chi connectivity index (χ4v) is 2.05. The Bertz CT molecular complexity index is 771. The minimum atomic E-state index is 0.122. The van der Waals surface area contributed by atoms with Crippen molar-refractivity contribution >= 4 is 15.9 Å². The summed E-state index contributed by atoms with van der Waals surface area (Å²) in [6.45, 7) is 1.93. The van der Waals surface area contributed by atoms with Crippen molar-refractivity contribution in [2.75, 3.05) is 0 Å². The maximum absolute atomic E-state index is 9.68. The highest BCUT2D eigenvalue weighted by Crippen LogP contribution is 2.30. The van der Waals surface area contributed by atoms with Crippen molar-refractivity contribution in [2.24, 2.45) is 0 Å². The van der Waals surface area contributed by atoms with Gasteiger partial charge in [-0.3, -0.25) is 4.98 Å². The maximum atomic E-state index is 9.68. The van der Waals surface area contributed by atoms with E-state index >= 15 is 0 Å². The van der Waals surface area contributed by atoms with Crippen LogP contribution in [0.2, 0.25) is 0 Å². The van der Waals surface area contributed by atoms with Crippen LogP contribution in [0.3, 0.4) is 0 Å². The van der Waals surface area contributed by atoms with E-state index in [1.165, 1.54) is 0 Å². The molecular weight excluding hydrogens is 322 g/mol. The van der Waals surface area contributed by atoms with Crippen LogP contribution in [0.15, 0.2) is 45.5 Å². The zero-order chi connectivity index (χ0) is 14.1. The van der Waals surface area contributed by atoms with Crippen LogP contribution in [-0.2, 0) is 0 Å². The number of aryl methyl sites for hydroxylation is 1. The van der Waals surface area contributed by atoms with E-state index in [4.69, 9.17) is 4.52 Å². The van der Waals surface area contributed by atoms with Gasteiger partial charge in [0.05, 0.1) is 4.47 Å². The third kappa shape index (κ3) is 2.30. The first-order valence-corrected chi connectivity index (χ1v) is 6.69. The fraction of sp³-hybridized carbons (Fsp3) is 0.0714. The molecule has 1 aromatic carbocycles. The van der Waals surface area contributed by atoms with Gasteiger partial charge in [-0.2, -0.15) is 4.98 Å². The normalized spacial score (nSPS) is 10.7. The number of aromatic hydroxyl groups is 1. The Kier molecular flexibility index (Phi) is 3.23. The summed E-state index contributed by atoms with van der Waals surface area (Å²) in [5.41, 5.74) is 2.31. The van der Waals surface area contributed by atoms with E-state index in [-0.39, 0.29) is 5.75 Å². The van der Waals surface area contributed by atoms with Gasteiger partial charge in [0, 0.05) is 11.8 Å². The monoisotopic (exact) mass is 331 g/mol. The molecule has 0 amide bonds. The summed E-state index contributed by atoms with van der Waals surface area (Å²) < 4.78 is 5.84. The standard InChI is InChI=1S/C14H10BrN3O2/c1-8-3-2-6-16-12(8)13-17-14(20-18-13)9-4-5-10(15)11(19)7-9/h2-7,19H,1H3. The van der Waals surface area contributed by atoms with Gasteiger partial charge < -0.3 is 9.63 Å². The van der Waals surface area contributed by atoms with Crippen molar-refractivity contribution in [3.8, 4) is 28.7 Å². The molecule has 0 unspecified atom stereocenters. The molecular formula is C14H10BrN3O2. The molecule has 3 rings (SSSR count). The molecule has 0 bridgehead atoms. The fourth-order valence-electron chi connectivity index (χ4n) is 1.80. The molecule has 100 valence electrons. The highest BCUT2D eigenvalue weighted by Gasteiger charge is 2.14. The average Bonchev–Trinajstić information content (AvgIpc) is 2.92. The van der Waals surface area contributed by atoms with Crippen LogP contribution < -0.4 is 0 Å². The minimum Gasteiger partial charge on any atom is -0.507 e. The Balaban J connectivity index is 2.02. The van der Waals surface area contributed by atoms with Crippen molar-refractivity contribution < 1.29 is 9.63 Å². The first-order valence-electron chi connectivity index (χ1n) is 5.90. The highest BCUT2D eigenvalue weighted by atomic mass is 79.9. The van der Waals surface area contributed by atoms with E-state index < -0.39 is 0 Å². The number of phenolic OH excluding ortho intramolecular Hbond substituents is 1. The molecule has 0 spiro atoms. The molecule has 2 aromatic heterocycles. The van der Waals surface area contributed by atoms with Crippen LogP contribution in [0, 0.1) is 6.92 Å². The van der Waals surface area contributed by atoms with Crippen LogP contribution >= 0.6 is 15.9 Å². The second kappa shape index (κ2) is 5.05. The highest BCUT2D eigenvalue weighted by molar-refractivity contribution is 9.10. The number of aromatic nitrogens is 3. The molecule has 1 N–H and O–H groups in total. The van der Waals surface area contributed by atoms with Gasteiger partial charge in [-0.15, -0.1) is 0 Å². The molecule has 0 aliphatic carbocycles. The molecule has 0 saturated carbocycles. The molecule has 6 heteroatoms. The van der Waals surface area contributed by atoms with Crippen molar-refractivity contribution in [1.82, 2.24) is 15.1 Å². The van der Waals surface area contributed by atoms with E-state index in [1.54, 1.807) is 24.4 Å². The first kappa shape index (κ1) is 12.8. The lowest BCUT2D eigenvalue weighted by Gasteiger charge is -1.98. The zero-order valence-corrected chi connectivity index (χ0v) is 12.1. The Morgan fingerprint density at radius 2 is 2.10 bits per heavy atom. The summed E-state index contributed by atoms with van der Waals surface area (Å²) in [5, 5.41) is 13.6. The summed E-state index contributed by atoms with van der Waals surface area (Å²) in [5.74, 6) is 0.893. The van der Waals surface area contributed by atoms with Crippen molar-refractivity contribution in [1.29, 1.82) is 0 Å². The lowest BCUT2D eigenvalue weighted by Crippen LogP contribution is -1.89. The predicted molar refractivity (Wildman–Crippen MR) is 77.1 cm³/mol. The van der Waals surface area contributed by atoms with Gasteiger partial charge in [-0.1, -0.05) is 11.2 Å². The van der Waals surface area contributed by atoms with Gasteiger partial charge in [0.2, 0.25) is 5.82 Å². The Hall–Kier alpha value is -2.21. The third-order valence-electron chi connectivity index (χ3n) is 2.84. The van der Waals surface area contributed by atoms with Gasteiger partial charge in [0.25, 0.3) is 5.89 Å². The van der Waals surface area contributed by atoms with Crippen LogP contribution in [-0.4, -0.2) is 20.2 Å². The lowest BCUT2D eigenvalue weighted by atomic mass is 10.2. The van der Waals surface area contributed by atoms with Gasteiger partial charge in [-0.05, 0) is 52.7 Å². The van der Waals surface area contributed by atoms with Gasteiger partial charge in [0.15, 0.2) is 0 Å². The summed E-state index contributed by atoms with van der Waals surface area (Å²) in [4.78, 5) is 8.56. The Labute approximate surface area is 123 Å². The molecule has 0 atom stereocenters. The number of benzene rings is 1. The molecule has 2 heterocycles. The number of phenols is 1. The largest absolute Gasteiger partial charge is 0.507 e. The van der Waals surface area contributed by atoms with Crippen LogP contribution in [0.4, 0.5) is 0 Å². The topological polar surface area (TPSA) is 72.0 Å². The molecule has 0 aliphatic rings. The lowest BCUT2D eigenvalue weighted by molar-refractivity contribution is 0.431. The second-order valence-electron chi connectivity index (χ2n) is 4.26. The maximum Gasteiger partial charge on any atom is 0.258 e. The number of halogens is 1. The SMILES string of the molecule is Cc1cccnc1-c1noc(-c2ccc(Br)c(O)c2)n1. The van der Waals surface area contributed by atoms with Crippen molar-refractivity contribution in [3.63, 3.8) is 0 Å². The van der Waals surface area contributed by atoms with E-state index in [0.29, 0.717) is 27.4 Å².